The van der Waals surface area contributed by atoms with Gasteiger partial charge in [-0.05, 0) is 38.0 Å². The molecule has 0 saturated heterocycles. The Balaban J connectivity index is 2.25. The molecule has 1 aromatic heterocycles. The van der Waals surface area contributed by atoms with Crippen LogP contribution >= 0.6 is 11.6 Å². The fourth-order valence-electron chi connectivity index (χ4n) is 2.37. The Bertz CT molecular complexity index is 612. The molecule has 3 N–H and O–H groups in total. The Labute approximate surface area is 130 Å². The fourth-order valence-corrected chi connectivity index (χ4v) is 2.62. The molecule has 0 radical (unpaired) electrons. The lowest BCUT2D eigenvalue weighted by Gasteiger charge is -2.17. The van der Waals surface area contributed by atoms with Crippen LogP contribution in [0.5, 0.6) is 5.75 Å². The normalized spacial score (nSPS) is 12.4. The van der Waals surface area contributed by atoms with Gasteiger partial charge < -0.3 is 4.74 Å². The van der Waals surface area contributed by atoms with Crippen molar-refractivity contribution in [2.75, 3.05) is 6.61 Å². The summed E-state index contributed by atoms with van der Waals surface area (Å²) in [4.78, 5) is 0. The maximum Gasteiger partial charge on any atom is 0.130 e. The number of hydrogen-bond acceptors (Lipinski definition) is 4. The molecule has 0 fully saturated rings. The molecular formula is C15H21ClN4O. The van der Waals surface area contributed by atoms with E-state index in [4.69, 9.17) is 22.2 Å². The van der Waals surface area contributed by atoms with Crippen molar-refractivity contribution in [3.8, 4) is 5.75 Å². The number of hydrogen-bond donors (Lipinski definition) is 2. The van der Waals surface area contributed by atoms with E-state index >= 15 is 0 Å². The highest BCUT2D eigenvalue weighted by atomic mass is 35.5. The molecular weight excluding hydrogens is 288 g/mol. The summed E-state index contributed by atoms with van der Waals surface area (Å²) in [6, 6.07) is 7.86. The van der Waals surface area contributed by atoms with E-state index in [1.807, 2.05) is 45.2 Å². The van der Waals surface area contributed by atoms with E-state index in [9.17, 15) is 0 Å². The van der Waals surface area contributed by atoms with Gasteiger partial charge in [-0.25, -0.2) is 0 Å². The van der Waals surface area contributed by atoms with E-state index in [1.165, 1.54) is 0 Å². The molecule has 2 rings (SSSR count). The first-order valence-electron chi connectivity index (χ1n) is 6.93. The van der Waals surface area contributed by atoms with Crippen LogP contribution in [-0.4, -0.2) is 16.4 Å². The lowest BCUT2D eigenvalue weighted by atomic mass is 9.99. The minimum Gasteiger partial charge on any atom is -0.494 e. The first kappa shape index (κ1) is 15.8. The predicted octanol–water partition coefficient (Wildman–Crippen LogP) is 2.53. The molecule has 5 nitrogen and oxygen atoms in total. The third-order valence-electron chi connectivity index (χ3n) is 3.45. The Kier molecular flexibility index (Phi) is 5.22. The van der Waals surface area contributed by atoms with Crippen LogP contribution in [0.4, 0.5) is 0 Å². The van der Waals surface area contributed by atoms with Crippen LogP contribution < -0.4 is 16.0 Å². The minimum absolute atomic E-state index is 0.0502. The second-order valence-electron chi connectivity index (χ2n) is 4.91. The number of benzene rings is 1. The summed E-state index contributed by atoms with van der Waals surface area (Å²) >= 11 is 6.29. The van der Waals surface area contributed by atoms with Gasteiger partial charge in [-0.2, -0.15) is 5.10 Å². The fraction of sp³-hybridized carbons (Fsp3) is 0.400. The van der Waals surface area contributed by atoms with Gasteiger partial charge in [-0.15, -0.1) is 0 Å². The zero-order valence-corrected chi connectivity index (χ0v) is 13.3. The van der Waals surface area contributed by atoms with Crippen molar-refractivity contribution < 1.29 is 4.74 Å². The molecule has 21 heavy (non-hydrogen) atoms. The lowest BCUT2D eigenvalue weighted by Crippen LogP contribution is -2.29. The number of rotatable bonds is 6. The standard InChI is InChI=1S/C15H21ClN4O/c1-4-21-12-7-5-6-11(8-12)14(18-17)9-13-10(2)19-20(3)15(13)16/h5-8,14,18H,4,9,17H2,1-3H3. The van der Waals surface area contributed by atoms with Gasteiger partial charge in [0, 0.05) is 12.6 Å². The summed E-state index contributed by atoms with van der Waals surface area (Å²) < 4.78 is 7.21. The summed E-state index contributed by atoms with van der Waals surface area (Å²) in [6.45, 7) is 4.55. The van der Waals surface area contributed by atoms with E-state index in [0.717, 1.165) is 22.6 Å². The average molecular weight is 309 g/mol. The van der Waals surface area contributed by atoms with E-state index in [1.54, 1.807) is 4.68 Å². The van der Waals surface area contributed by atoms with Gasteiger partial charge in [-0.1, -0.05) is 23.7 Å². The van der Waals surface area contributed by atoms with Gasteiger partial charge in [-0.3, -0.25) is 16.0 Å². The van der Waals surface area contributed by atoms with Crippen molar-refractivity contribution >= 4 is 11.6 Å². The van der Waals surface area contributed by atoms with Gasteiger partial charge >= 0.3 is 0 Å². The number of ether oxygens (including phenoxy) is 1. The number of hydrazine groups is 1. The molecule has 0 bridgehead atoms. The number of aryl methyl sites for hydroxylation is 2. The van der Waals surface area contributed by atoms with Crippen LogP contribution in [0.3, 0.4) is 0 Å². The third kappa shape index (κ3) is 3.56. The maximum absolute atomic E-state index is 6.29. The minimum atomic E-state index is -0.0502. The van der Waals surface area contributed by atoms with Crippen molar-refractivity contribution in [1.29, 1.82) is 0 Å². The van der Waals surface area contributed by atoms with Gasteiger partial charge in [0.2, 0.25) is 0 Å². The molecule has 0 saturated carbocycles. The van der Waals surface area contributed by atoms with Crippen LogP contribution in [0.25, 0.3) is 0 Å². The van der Waals surface area contributed by atoms with Gasteiger partial charge in [0.15, 0.2) is 0 Å². The number of nitrogens with one attached hydrogen (secondary N) is 1. The second-order valence-corrected chi connectivity index (χ2v) is 5.27. The highest BCUT2D eigenvalue weighted by Gasteiger charge is 2.18. The molecule has 6 heteroatoms. The van der Waals surface area contributed by atoms with E-state index in [2.05, 4.69) is 10.5 Å². The Morgan fingerprint density at radius 3 is 2.81 bits per heavy atom. The average Bonchev–Trinajstić information content (AvgIpc) is 2.71. The van der Waals surface area contributed by atoms with Crippen molar-refractivity contribution in [3.63, 3.8) is 0 Å². The molecule has 114 valence electrons. The summed E-state index contributed by atoms with van der Waals surface area (Å²) in [6.07, 6.45) is 0.671. The molecule has 0 spiro atoms. The molecule has 1 atom stereocenters. The molecule has 0 aliphatic carbocycles. The molecule has 0 aliphatic heterocycles. The van der Waals surface area contributed by atoms with Gasteiger partial charge in [0.05, 0.1) is 18.3 Å². The van der Waals surface area contributed by atoms with Crippen LogP contribution in [0.1, 0.15) is 29.8 Å². The SMILES string of the molecule is CCOc1cccc(C(Cc2c(C)nn(C)c2Cl)NN)c1. The van der Waals surface area contributed by atoms with Crippen molar-refractivity contribution in [1.82, 2.24) is 15.2 Å². The smallest absolute Gasteiger partial charge is 0.130 e. The molecule has 1 aromatic carbocycles. The zero-order chi connectivity index (χ0) is 15.4. The molecule has 0 amide bonds. The summed E-state index contributed by atoms with van der Waals surface area (Å²) in [5, 5.41) is 4.98. The summed E-state index contributed by atoms with van der Waals surface area (Å²) in [5.74, 6) is 6.56. The quantitative estimate of drug-likeness (QED) is 0.636. The Morgan fingerprint density at radius 1 is 1.48 bits per heavy atom. The van der Waals surface area contributed by atoms with Crippen molar-refractivity contribution in [2.24, 2.45) is 12.9 Å². The molecule has 1 heterocycles. The van der Waals surface area contributed by atoms with Crippen LogP contribution in [0.15, 0.2) is 24.3 Å². The molecule has 0 aliphatic rings. The van der Waals surface area contributed by atoms with Gasteiger partial charge in [0.25, 0.3) is 0 Å². The predicted molar refractivity (Wildman–Crippen MR) is 84.3 cm³/mol. The van der Waals surface area contributed by atoms with Crippen LogP contribution in [0, 0.1) is 6.92 Å². The van der Waals surface area contributed by atoms with Crippen LogP contribution in [-0.2, 0) is 13.5 Å². The first-order chi connectivity index (χ1) is 10.1. The Hall–Kier alpha value is -1.56. The van der Waals surface area contributed by atoms with E-state index in [0.29, 0.717) is 18.2 Å². The van der Waals surface area contributed by atoms with Gasteiger partial charge in [0.1, 0.15) is 10.9 Å². The van der Waals surface area contributed by atoms with E-state index in [-0.39, 0.29) is 6.04 Å². The maximum atomic E-state index is 6.29. The van der Waals surface area contributed by atoms with E-state index < -0.39 is 0 Å². The Morgan fingerprint density at radius 2 is 2.24 bits per heavy atom. The number of aromatic nitrogens is 2. The lowest BCUT2D eigenvalue weighted by molar-refractivity contribution is 0.339. The topological polar surface area (TPSA) is 65.1 Å². The molecule has 1 unspecified atom stereocenters. The zero-order valence-electron chi connectivity index (χ0n) is 12.6. The first-order valence-corrected chi connectivity index (χ1v) is 7.31. The highest BCUT2D eigenvalue weighted by molar-refractivity contribution is 6.30. The second kappa shape index (κ2) is 6.93. The molecule has 2 aromatic rings. The third-order valence-corrected chi connectivity index (χ3v) is 3.92. The van der Waals surface area contributed by atoms with Crippen molar-refractivity contribution in [2.45, 2.75) is 26.3 Å². The summed E-state index contributed by atoms with van der Waals surface area (Å²) in [5.41, 5.74) is 5.83. The number of halogens is 1. The largest absolute Gasteiger partial charge is 0.494 e. The summed E-state index contributed by atoms with van der Waals surface area (Å²) in [7, 11) is 1.83. The van der Waals surface area contributed by atoms with Crippen LogP contribution in [0.2, 0.25) is 5.15 Å². The number of nitrogens with two attached hydrogens (primary N) is 1. The number of nitrogens with zero attached hydrogens (tertiary/aromatic N) is 2. The van der Waals surface area contributed by atoms with Crippen molar-refractivity contribution in [3.05, 3.63) is 46.2 Å². The highest BCUT2D eigenvalue weighted by Crippen LogP contribution is 2.27. The monoisotopic (exact) mass is 308 g/mol.